The topological polar surface area (TPSA) is 35.0 Å². The lowest BCUT2D eigenvalue weighted by Gasteiger charge is -2.16. The van der Waals surface area contributed by atoms with Crippen LogP contribution < -0.4 is 4.74 Å². The molecule has 0 aliphatic heterocycles. The zero-order chi connectivity index (χ0) is 22.6. The Morgan fingerprint density at radius 3 is 2.19 bits per heavy atom. The van der Waals surface area contributed by atoms with Crippen molar-refractivity contribution in [2.45, 2.75) is 117 Å². The van der Waals surface area contributed by atoms with E-state index >= 15 is 0 Å². The van der Waals surface area contributed by atoms with Gasteiger partial charge in [0.15, 0.2) is 5.82 Å². The van der Waals surface area contributed by atoms with Crippen LogP contribution in [0.25, 0.3) is 11.4 Å². The summed E-state index contributed by atoms with van der Waals surface area (Å²) in [5.41, 5.74) is 3.49. The second-order valence-electron chi connectivity index (χ2n) is 9.80. The maximum absolute atomic E-state index is 6.30. The molecule has 1 aromatic heterocycles. The van der Waals surface area contributed by atoms with Crippen molar-refractivity contribution in [2.24, 2.45) is 5.92 Å². The van der Waals surface area contributed by atoms with E-state index < -0.39 is 0 Å². The molecule has 1 aliphatic carbocycles. The first-order chi connectivity index (χ1) is 15.7. The summed E-state index contributed by atoms with van der Waals surface area (Å²) >= 11 is 0. The van der Waals surface area contributed by atoms with Crippen LogP contribution in [0.15, 0.2) is 30.6 Å². The van der Waals surface area contributed by atoms with Crippen molar-refractivity contribution in [2.75, 3.05) is 0 Å². The Labute approximate surface area is 196 Å². The number of benzene rings is 1. The van der Waals surface area contributed by atoms with E-state index in [4.69, 9.17) is 4.74 Å². The quantitative estimate of drug-likeness (QED) is 0.278. The Morgan fingerprint density at radius 2 is 1.56 bits per heavy atom. The van der Waals surface area contributed by atoms with Crippen molar-refractivity contribution in [3.63, 3.8) is 0 Å². The molecule has 2 atom stereocenters. The molecule has 2 aromatic rings. The number of aryl methyl sites for hydroxylation is 2. The number of unbranched alkanes of at least 4 members (excludes halogenated alkanes) is 8. The number of hydrogen-bond acceptors (Lipinski definition) is 3. The van der Waals surface area contributed by atoms with Crippen molar-refractivity contribution in [1.82, 2.24) is 9.97 Å². The average Bonchev–Trinajstić information content (AvgIpc) is 3.27. The highest BCUT2D eigenvalue weighted by molar-refractivity contribution is 5.58. The summed E-state index contributed by atoms with van der Waals surface area (Å²) in [7, 11) is 0. The van der Waals surface area contributed by atoms with Gasteiger partial charge in [0.1, 0.15) is 5.75 Å². The molecule has 3 nitrogen and oxygen atoms in total. The maximum atomic E-state index is 6.30. The van der Waals surface area contributed by atoms with Crippen molar-refractivity contribution in [1.29, 1.82) is 0 Å². The fourth-order valence-electron chi connectivity index (χ4n) is 4.88. The van der Waals surface area contributed by atoms with E-state index in [2.05, 4.69) is 48.9 Å². The van der Waals surface area contributed by atoms with Crippen LogP contribution in [0.4, 0.5) is 0 Å². The Morgan fingerprint density at radius 1 is 0.875 bits per heavy atom. The fourth-order valence-corrected chi connectivity index (χ4v) is 4.88. The van der Waals surface area contributed by atoms with Gasteiger partial charge >= 0.3 is 0 Å². The van der Waals surface area contributed by atoms with E-state index in [0.717, 1.165) is 29.5 Å². The molecule has 0 spiro atoms. The molecular weight excluding hydrogens is 392 g/mol. The highest BCUT2D eigenvalue weighted by atomic mass is 16.5. The van der Waals surface area contributed by atoms with Gasteiger partial charge < -0.3 is 4.74 Å². The first kappa shape index (κ1) is 24.7. The number of hydrogen-bond donors (Lipinski definition) is 0. The number of ether oxygens (including phenoxy) is 1. The second kappa shape index (κ2) is 13.6. The summed E-state index contributed by atoms with van der Waals surface area (Å²) in [5, 5.41) is 0. The molecule has 0 bridgehead atoms. The first-order valence-corrected chi connectivity index (χ1v) is 13.3. The molecule has 2 unspecified atom stereocenters. The van der Waals surface area contributed by atoms with Gasteiger partial charge in [-0.05, 0) is 74.3 Å². The highest BCUT2D eigenvalue weighted by Gasteiger charge is 2.25. The second-order valence-corrected chi connectivity index (χ2v) is 9.80. The van der Waals surface area contributed by atoms with E-state index in [-0.39, 0.29) is 0 Å². The van der Waals surface area contributed by atoms with E-state index in [1.165, 1.54) is 94.6 Å². The summed E-state index contributed by atoms with van der Waals surface area (Å²) in [6.45, 7) is 6.69. The minimum absolute atomic E-state index is 0.376. The smallest absolute Gasteiger partial charge is 0.159 e. The summed E-state index contributed by atoms with van der Waals surface area (Å²) in [4.78, 5) is 9.30. The summed E-state index contributed by atoms with van der Waals surface area (Å²) < 4.78 is 6.30. The Bertz CT molecular complexity index is 786. The maximum Gasteiger partial charge on any atom is 0.159 e. The molecule has 32 heavy (non-hydrogen) atoms. The zero-order valence-electron chi connectivity index (χ0n) is 20.7. The number of rotatable bonds is 14. The lowest BCUT2D eigenvalue weighted by molar-refractivity contribution is 0.202. The molecule has 1 aromatic carbocycles. The molecule has 176 valence electrons. The van der Waals surface area contributed by atoms with Crippen LogP contribution >= 0.6 is 0 Å². The Kier molecular flexibility index (Phi) is 10.5. The van der Waals surface area contributed by atoms with E-state index in [1.54, 1.807) is 0 Å². The van der Waals surface area contributed by atoms with Crippen LogP contribution in [0.3, 0.4) is 0 Å². The monoisotopic (exact) mass is 436 g/mol. The lowest BCUT2D eigenvalue weighted by Crippen LogP contribution is -2.12. The van der Waals surface area contributed by atoms with Crippen molar-refractivity contribution in [3.05, 3.63) is 41.7 Å². The SMILES string of the molecule is CCCCCCCCCCCc1cnc(-c2ccc(OC3CCC(CC)C3)c(C)c2)nc1. The molecule has 3 heteroatoms. The lowest BCUT2D eigenvalue weighted by atomic mass is 10.0. The normalized spacial score (nSPS) is 18.2. The molecule has 0 N–H and O–H groups in total. The van der Waals surface area contributed by atoms with E-state index in [0.29, 0.717) is 6.10 Å². The molecule has 1 saturated carbocycles. The summed E-state index contributed by atoms with van der Waals surface area (Å²) in [6.07, 6.45) is 22.7. The number of aromatic nitrogens is 2. The van der Waals surface area contributed by atoms with Gasteiger partial charge in [-0.15, -0.1) is 0 Å². The third kappa shape index (κ3) is 7.90. The highest BCUT2D eigenvalue weighted by Crippen LogP contribution is 2.33. The standard InChI is InChI=1S/C29H44N2O/c1-4-6-7-8-9-10-11-12-13-14-25-21-30-29(31-22-25)26-16-18-28(23(3)19-26)32-27-17-15-24(5-2)20-27/h16,18-19,21-22,24,27H,4-15,17,20H2,1-3H3. The Hall–Kier alpha value is -1.90. The van der Waals surface area contributed by atoms with Gasteiger partial charge in [-0.1, -0.05) is 71.6 Å². The van der Waals surface area contributed by atoms with Gasteiger partial charge in [-0.25, -0.2) is 9.97 Å². The van der Waals surface area contributed by atoms with E-state index in [1.807, 2.05) is 12.4 Å². The zero-order valence-corrected chi connectivity index (χ0v) is 20.7. The molecular formula is C29H44N2O. The van der Waals surface area contributed by atoms with Gasteiger partial charge in [0, 0.05) is 18.0 Å². The van der Waals surface area contributed by atoms with Crippen LogP contribution in [0, 0.1) is 12.8 Å². The van der Waals surface area contributed by atoms with Crippen LogP contribution in [-0.4, -0.2) is 16.1 Å². The van der Waals surface area contributed by atoms with Crippen LogP contribution in [0.1, 0.15) is 108 Å². The number of nitrogens with zero attached hydrogens (tertiary/aromatic N) is 2. The first-order valence-electron chi connectivity index (χ1n) is 13.3. The summed E-state index contributed by atoms with van der Waals surface area (Å²) in [6, 6.07) is 6.37. The van der Waals surface area contributed by atoms with Crippen molar-refractivity contribution in [3.8, 4) is 17.1 Å². The van der Waals surface area contributed by atoms with Gasteiger partial charge in [-0.2, -0.15) is 0 Å². The van der Waals surface area contributed by atoms with Crippen LogP contribution in [0.2, 0.25) is 0 Å². The van der Waals surface area contributed by atoms with Gasteiger partial charge in [0.25, 0.3) is 0 Å². The molecule has 1 heterocycles. The molecule has 3 rings (SSSR count). The minimum Gasteiger partial charge on any atom is -0.490 e. The van der Waals surface area contributed by atoms with Gasteiger partial charge in [0.05, 0.1) is 6.10 Å². The molecule has 0 amide bonds. The molecule has 0 saturated heterocycles. The largest absolute Gasteiger partial charge is 0.490 e. The van der Waals surface area contributed by atoms with E-state index in [9.17, 15) is 0 Å². The minimum atomic E-state index is 0.376. The van der Waals surface area contributed by atoms with Gasteiger partial charge in [-0.3, -0.25) is 0 Å². The summed E-state index contributed by atoms with van der Waals surface area (Å²) in [5.74, 6) is 2.65. The molecule has 1 fully saturated rings. The van der Waals surface area contributed by atoms with Gasteiger partial charge in [0.2, 0.25) is 0 Å². The third-order valence-corrected chi connectivity index (χ3v) is 7.07. The predicted octanol–water partition coefficient (Wildman–Crippen LogP) is 8.48. The van der Waals surface area contributed by atoms with Crippen LogP contribution in [0.5, 0.6) is 5.75 Å². The van der Waals surface area contributed by atoms with Crippen LogP contribution in [-0.2, 0) is 6.42 Å². The molecule has 0 radical (unpaired) electrons. The Balaban J connectivity index is 1.41. The third-order valence-electron chi connectivity index (χ3n) is 7.07. The predicted molar refractivity (Wildman–Crippen MR) is 135 cm³/mol. The van der Waals surface area contributed by atoms with Crippen molar-refractivity contribution >= 4 is 0 Å². The fraction of sp³-hybridized carbons (Fsp3) is 0.655. The van der Waals surface area contributed by atoms with Crippen molar-refractivity contribution < 1.29 is 4.74 Å². The molecule has 1 aliphatic rings. The average molecular weight is 437 g/mol.